The van der Waals surface area contributed by atoms with Gasteiger partial charge in [0.15, 0.2) is 5.78 Å². The average molecular weight is 327 g/mol. The zero-order chi connectivity index (χ0) is 10.0. The molecule has 1 nitrogen and oxygen atoms in total. The molecule has 1 atom stereocenters. The molecular weight excluding hydrogens is 319 g/mol. The molecule has 0 aliphatic rings. The van der Waals surface area contributed by atoms with Crippen molar-refractivity contribution in [2.24, 2.45) is 0 Å². The third-order valence-electron chi connectivity index (χ3n) is 1.61. The van der Waals surface area contributed by atoms with Crippen LogP contribution < -0.4 is 0 Å². The first-order valence-electron chi connectivity index (χ1n) is 3.69. The Kier molecular flexibility index (Phi) is 4.06. The first kappa shape index (κ1) is 11.3. The normalized spacial score (nSPS) is 12.6. The van der Waals surface area contributed by atoms with E-state index in [1.165, 1.54) is 0 Å². The molecule has 0 aliphatic carbocycles. The van der Waals surface area contributed by atoms with E-state index in [1.807, 2.05) is 12.1 Å². The molecule has 1 aromatic carbocycles. The van der Waals surface area contributed by atoms with Crippen LogP contribution >= 0.6 is 46.8 Å². The van der Waals surface area contributed by atoms with Gasteiger partial charge in [0, 0.05) is 14.0 Å². The first-order valence-corrected chi connectivity index (χ1v) is 5.66. The Morgan fingerprint density at radius 3 is 2.77 bits per heavy atom. The molecule has 1 aromatic rings. The van der Waals surface area contributed by atoms with Crippen molar-refractivity contribution in [3.8, 4) is 0 Å². The Morgan fingerprint density at radius 2 is 2.23 bits per heavy atom. The van der Waals surface area contributed by atoms with E-state index in [9.17, 15) is 4.79 Å². The number of thiol groups is 1. The molecule has 0 N–H and O–H groups in total. The van der Waals surface area contributed by atoms with Gasteiger partial charge in [0.2, 0.25) is 0 Å². The van der Waals surface area contributed by atoms with E-state index < -0.39 is 5.38 Å². The van der Waals surface area contributed by atoms with Crippen LogP contribution in [0.3, 0.4) is 0 Å². The Hall–Kier alpha value is 0.260. The maximum absolute atomic E-state index is 11.5. The summed E-state index contributed by atoms with van der Waals surface area (Å²) in [5, 5.41) is -0.496. The summed E-state index contributed by atoms with van der Waals surface area (Å²) >= 11 is 12.1. The van der Waals surface area contributed by atoms with Crippen molar-refractivity contribution in [3.63, 3.8) is 0 Å². The zero-order valence-corrected chi connectivity index (χ0v) is 10.7. The lowest BCUT2D eigenvalue weighted by atomic mass is 10.1. The van der Waals surface area contributed by atoms with Crippen LogP contribution in [0, 0.1) is 3.57 Å². The number of benzene rings is 1. The number of alkyl halides is 1. The lowest BCUT2D eigenvalue weighted by molar-refractivity contribution is 0.0989. The summed E-state index contributed by atoms with van der Waals surface area (Å²) in [6, 6.07) is 5.47. The second-order valence-electron chi connectivity index (χ2n) is 2.62. The smallest absolute Gasteiger partial charge is 0.181 e. The van der Waals surface area contributed by atoms with Gasteiger partial charge in [-0.2, -0.15) is 0 Å². The second-order valence-corrected chi connectivity index (χ2v) is 4.88. The molecule has 1 rings (SSSR count). The highest BCUT2D eigenvalue weighted by molar-refractivity contribution is 14.1. The number of rotatable bonds is 2. The molecule has 13 heavy (non-hydrogen) atoms. The Balaban J connectivity index is 3.15. The number of halogens is 2. The molecule has 70 valence electrons. The quantitative estimate of drug-likeness (QED) is 0.381. The van der Waals surface area contributed by atoms with Crippen molar-refractivity contribution >= 4 is 52.6 Å². The second kappa shape index (κ2) is 4.66. The summed E-state index contributed by atoms with van der Waals surface area (Å²) < 4.78 is 0.962. The third-order valence-corrected chi connectivity index (χ3v) is 3.62. The molecule has 0 saturated heterocycles. The van der Waals surface area contributed by atoms with Crippen LogP contribution in [0.25, 0.3) is 0 Å². The van der Waals surface area contributed by atoms with Crippen molar-refractivity contribution in [1.29, 1.82) is 0 Å². The van der Waals surface area contributed by atoms with Gasteiger partial charge in [0.25, 0.3) is 0 Å². The molecule has 0 heterocycles. The number of carbonyl (C=O) groups excluding carboxylic acids is 1. The van der Waals surface area contributed by atoms with E-state index in [4.69, 9.17) is 11.6 Å². The molecule has 0 amide bonds. The molecule has 0 fully saturated rings. The summed E-state index contributed by atoms with van der Waals surface area (Å²) in [5.41, 5.74) is 0.595. The van der Waals surface area contributed by atoms with E-state index in [0.29, 0.717) is 10.5 Å². The molecule has 0 spiro atoms. The van der Waals surface area contributed by atoms with E-state index in [0.717, 1.165) is 3.57 Å². The van der Waals surface area contributed by atoms with Crippen LogP contribution in [0.5, 0.6) is 0 Å². The molecule has 0 aliphatic heterocycles. The van der Waals surface area contributed by atoms with Crippen LogP contribution in [-0.2, 0) is 0 Å². The minimum atomic E-state index is -0.496. The fraction of sp³-hybridized carbons (Fsp3) is 0.222. The maximum Gasteiger partial charge on any atom is 0.181 e. The minimum Gasteiger partial charge on any atom is -0.292 e. The number of carbonyl (C=O) groups is 1. The van der Waals surface area contributed by atoms with Gasteiger partial charge in [-0.1, -0.05) is 12.1 Å². The van der Waals surface area contributed by atoms with Crippen LogP contribution in [0.15, 0.2) is 23.1 Å². The highest BCUT2D eigenvalue weighted by Gasteiger charge is 2.15. The van der Waals surface area contributed by atoms with Crippen LogP contribution in [0.4, 0.5) is 0 Å². The lowest BCUT2D eigenvalue weighted by Gasteiger charge is -2.06. The number of hydrogen-bond acceptors (Lipinski definition) is 2. The summed E-state index contributed by atoms with van der Waals surface area (Å²) in [7, 11) is 0. The van der Waals surface area contributed by atoms with Gasteiger partial charge in [-0.15, -0.1) is 24.2 Å². The highest BCUT2D eigenvalue weighted by atomic mass is 127. The van der Waals surface area contributed by atoms with E-state index >= 15 is 0 Å². The monoisotopic (exact) mass is 326 g/mol. The fourth-order valence-electron chi connectivity index (χ4n) is 0.928. The molecule has 0 bridgehead atoms. The van der Waals surface area contributed by atoms with Crippen molar-refractivity contribution in [2.75, 3.05) is 0 Å². The van der Waals surface area contributed by atoms with Crippen LogP contribution in [0.2, 0.25) is 0 Å². The Morgan fingerprint density at radius 1 is 1.62 bits per heavy atom. The molecule has 0 aromatic heterocycles. The maximum atomic E-state index is 11.5. The van der Waals surface area contributed by atoms with Crippen molar-refractivity contribution in [3.05, 3.63) is 27.3 Å². The molecular formula is C9H8ClIOS. The summed E-state index contributed by atoms with van der Waals surface area (Å²) in [6.45, 7) is 1.66. The van der Waals surface area contributed by atoms with Gasteiger partial charge in [-0.05, 0) is 35.6 Å². The Labute approximate surface area is 101 Å². The lowest BCUT2D eigenvalue weighted by Crippen LogP contribution is -2.11. The van der Waals surface area contributed by atoms with Gasteiger partial charge in [0.1, 0.15) is 0 Å². The SMILES string of the molecule is CC(Cl)C(=O)c1cccc(I)c1S. The zero-order valence-electron chi connectivity index (χ0n) is 6.92. The fourth-order valence-corrected chi connectivity index (χ4v) is 1.80. The van der Waals surface area contributed by atoms with Gasteiger partial charge in [-0.3, -0.25) is 4.79 Å². The van der Waals surface area contributed by atoms with Gasteiger partial charge in [0.05, 0.1) is 5.38 Å². The number of Topliss-reactive ketones (excluding diaryl/α,β-unsaturated/α-hetero) is 1. The van der Waals surface area contributed by atoms with Gasteiger partial charge in [-0.25, -0.2) is 0 Å². The largest absolute Gasteiger partial charge is 0.292 e. The standard InChI is InChI=1S/C9H8ClIOS/c1-5(10)8(12)6-3-2-4-7(11)9(6)13/h2-5,13H,1H3. The van der Waals surface area contributed by atoms with E-state index in [2.05, 4.69) is 35.2 Å². The predicted molar refractivity (Wildman–Crippen MR) is 66.1 cm³/mol. The molecule has 0 radical (unpaired) electrons. The van der Waals surface area contributed by atoms with Crippen molar-refractivity contribution < 1.29 is 4.79 Å². The summed E-state index contributed by atoms with van der Waals surface area (Å²) in [6.07, 6.45) is 0. The highest BCUT2D eigenvalue weighted by Crippen LogP contribution is 2.22. The average Bonchev–Trinajstić information content (AvgIpc) is 2.08. The van der Waals surface area contributed by atoms with Crippen molar-refractivity contribution in [1.82, 2.24) is 0 Å². The molecule has 1 unspecified atom stereocenters. The first-order chi connectivity index (χ1) is 6.04. The summed E-state index contributed by atoms with van der Waals surface area (Å²) in [5.74, 6) is -0.0785. The predicted octanol–water partition coefficient (Wildman–Crippen LogP) is 3.39. The van der Waals surface area contributed by atoms with E-state index in [-0.39, 0.29) is 5.78 Å². The van der Waals surface area contributed by atoms with Gasteiger partial charge >= 0.3 is 0 Å². The van der Waals surface area contributed by atoms with Gasteiger partial charge < -0.3 is 0 Å². The topological polar surface area (TPSA) is 17.1 Å². The molecule has 0 saturated carbocycles. The minimum absolute atomic E-state index is 0.0785. The summed E-state index contributed by atoms with van der Waals surface area (Å²) in [4.78, 5) is 12.2. The van der Waals surface area contributed by atoms with Crippen molar-refractivity contribution in [2.45, 2.75) is 17.2 Å². The van der Waals surface area contributed by atoms with E-state index in [1.54, 1.807) is 13.0 Å². The Bertz CT molecular complexity index is 338. The number of ketones is 1. The molecule has 4 heteroatoms. The van der Waals surface area contributed by atoms with Crippen LogP contribution in [0.1, 0.15) is 17.3 Å². The third kappa shape index (κ3) is 2.60. The number of hydrogen-bond donors (Lipinski definition) is 1. The van der Waals surface area contributed by atoms with Crippen LogP contribution in [-0.4, -0.2) is 11.2 Å².